The summed E-state index contributed by atoms with van der Waals surface area (Å²) >= 11 is 1.99. The fourth-order valence-electron chi connectivity index (χ4n) is 2.54. The molecule has 1 fully saturated rings. The summed E-state index contributed by atoms with van der Waals surface area (Å²) in [5, 5.41) is 3.48. The van der Waals surface area contributed by atoms with E-state index in [9.17, 15) is 0 Å². The molecule has 1 saturated heterocycles. The molecule has 0 spiro atoms. The molecule has 0 saturated carbocycles. The minimum absolute atomic E-state index is 0.547. The van der Waals surface area contributed by atoms with Gasteiger partial charge in [-0.15, -0.1) is 11.8 Å². The van der Waals surface area contributed by atoms with Crippen LogP contribution in [0.1, 0.15) is 38.7 Å². The Morgan fingerprint density at radius 1 is 1.20 bits per heavy atom. The van der Waals surface area contributed by atoms with Crippen LogP contribution in [0.3, 0.4) is 0 Å². The topological polar surface area (TPSA) is 15.3 Å². The number of thioether (sulfide) groups is 1. The van der Waals surface area contributed by atoms with Crippen LogP contribution in [-0.4, -0.2) is 36.3 Å². The third kappa shape index (κ3) is 5.86. The standard InChI is InChI=1S/C17H28N2S/c1-15(2)18-14-16-7-6-8-17(13-16)20-12-11-19-9-4-3-5-10-19/h6-8,13,15,18H,3-5,9-12,14H2,1-2H3. The zero-order valence-electron chi connectivity index (χ0n) is 12.9. The molecular weight excluding hydrogens is 264 g/mol. The van der Waals surface area contributed by atoms with Crippen LogP contribution in [0.15, 0.2) is 29.2 Å². The number of likely N-dealkylation sites (tertiary alicyclic amines) is 1. The van der Waals surface area contributed by atoms with E-state index in [4.69, 9.17) is 0 Å². The zero-order chi connectivity index (χ0) is 14.2. The van der Waals surface area contributed by atoms with Crippen molar-refractivity contribution in [3.63, 3.8) is 0 Å². The van der Waals surface area contributed by atoms with Crippen molar-refractivity contribution >= 4 is 11.8 Å². The lowest BCUT2D eigenvalue weighted by Crippen LogP contribution is -2.31. The van der Waals surface area contributed by atoms with Gasteiger partial charge >= 0.3 is 0 Å². The maximum absolute atomic E-state index is 3.48. The molecule has 20 heavy (non-hydrogen) atoms. The fourth-order valence-corrected chi connectivity index (χ4v) is 3.54. The lowest BCUT2D eigenvalue weighted by molar-refractivity contribution is 0.242. The summed E-state index contributed by atoms with van der Waals surface area (Å²) < 4.78 is 0. The van der Waals surface area contributed by atoms with Crippen LogP contribution in [-0.2, 0) is 6.54 Å². The highest BCUT2D eigenvalue weighted by Crippen LogP contribution is 2.20. The van der Waals surface area contributed by atoms with Crippen molar-refractivity contribution in [1.29, 1.82) is 0 Å². The van der Waals surface area contributed by atoms with E-state index in [1.165, 1.54) is 55.1 Å². The van der Waals surface area contributed by atoms with Gasteiger partial charge in [0.15, 0.2) is 0 Å². The van der Waals surface area contributed by atoms with Crippen LogP contribution in [0.25, 0.3) is 0 Å². The summed E-state index contributed by atoms with van der Waals surface area (Å²) in [6.45, 7) is 9.20. The van der Waals surface area contributed by atoms with Crippen LogP contribution < -0.4 is 5.32 Å². The Morgan fingerprint density at radius 3 is 2.75 bits per heavy atom. The van der Waals surface area contributed by atoms with Crippen LogP contribution in [0.5, 0.6) is 0 Å². The SMILES string of the molecule is CC(C)NCc1cccc(SCCN2CCCCC2)c1. The first-order chi connectivity index (χ1) is 9.74. The lowest BCUT2D eigenvalue weighted by atomic mass is 10.1. The van der Waals surface area contributed by atoms with Gasteiger partial charge in [-0.25, -0.2) is 0 Å². The minimum Gasteiger partial charge on any atom is -0.310 e. The van der Waals surface area contributed by atoms with E-state index >= 15 is 0 Å². The molecule has 0 bridgehead atoms. The summed E-state index contributed by atoms with van der Waals surface area (Å²) in [6, 6.07) is 9.51. The third-order valence-corrected chi connectivity index (χ3v) is 4.71. The fraction of sp³-hybridized carbons (Fsp3) is 0.647. The number of hydrogen-bond donors (Lipinski definition) is 1. The van der Waals surface area contributed by atoms with Gasteiger partial charge in [-0.2, -0.15) is 0 Å². The molecule has 0 unspecified atom stereocenters. The van der Waals surface area contributed by atoms with Gasteiger partial charge in [0.05, 0.1) is 0 Å². The Kier molecular flexibility index (Phi) is 6.91. The summed E-state index contributed by atoms with van der Waals surface area (Å²) in [5.74, 6) is 1.21. The zero-order valence-corrected chi connectivity index (χ0v) is 13.7. The third-order valence-electron chi connectivity index (χ3n) is 3.74. The van der Waals surface area contributed by atoms with Crippen LogP contribution in [0, 0.1) is 0 Å². The molecule has 0 aromatic heterocycles. The molecule has 112 valence electrons. The molecule has 1 aromatic carbocycles. The molecule has 1 N–H and O–H groups in total. The first-order valence-electron chi connectivity index (χ1n) is 7.91. The number of nitrogens with zero attached hydrogens (tertiary/aromatic N) is 1. The van der Waals surface area contributed by atoms with Gasteiger partial charge in [0.2, 0.25) is 0 Å². The van der Waals surface area contributed by atoms with Crippen molar-refractivity contribution in [3.05, 3.63) is 29.8 Å². The van der Waals surface area contributed by atoms with E-state index in [0.717, 1.165) is 6.54 Å². The molecule has 0 aliphatic carbocycles. The molecule has 1 aromatic rings. The second-order valence-electron chi connectivity index (χ2n) is 5.93. The molecule has 0 amide bonds. The largest absolute Gasteiger partial charge is 0.310 e. The maximum atomic E-state index is 3.48. The van der Waals surface area contributed by atoms with Gasteiger partial charge < -0.3 is 10.2 Å². The predicted octanol–water partition coefficient (Wildman–Crippen LogP) is 3.76. The van der Waals surface area contributed by atoms with E-state index in [2.05, 4.69) is 48.3 Å². The molecular formula is C17H28N2S. The molecule has 2 nitrogen and oxygen atoms in total. The Balaban J connectivity index is 1.73. The summed E-state index contributed by atoms with van der Waals surface area (Å²) in [5.41, 5.74) is 1.39. The molecule has 3 heteroatoms. The Labute approximate surface area is 128 Å². The predicted molar refractivity (Wildman–Crippen MR) is 89.4 cm³/mol. The smallest absolute Gasteiger partial charge is 0.0208 e. The van der Waals surface area contributed by atoms with Gasteiger partial charge in [0, 0.05) is 29.8 Å². The normalized spacial score (nSPS) is 16.8. The molecule has 1 heterocycles. The summed E-state index contributed by atoms with van der Waals surface area (Å²) in [4.78, 5) is 4.02. The second kappa shape index (κ2) is 8.71. The lowest BCUT2D eigenvalue weighted by Gasteiger charge is -2.26. The Morgan fingerprint density at radius 2 is 2.00 bits per heavy atom. The molecule has 2 rings (SSSR count). The van der Waals surface area contributed by atoms with Crippen LogP contribution in [0.2, 0.25) is 0 Å². The Hall–Kier alpha value is -0.510. The highest BCUT2D eigenvalue weighted by Gasteiger charge is 2.09. The van der Waals surface area contributed by atoms with Gasteiger partial charge in [-0.1, -0.05) is 32.4 Å². The first-order valence-corrected chi connectivity index (χ1v) is 8.90. The number of rotatable bonds is 7. The minimum atomic E-state index is 0.547. The highest BCUT2D eigenvalue weighted by atomic mass is 32.2. The van der Waals surface area contributed by atoms with Gasteiger partial charge in [-0.3, -0.25) is 0 Å². The molecule has 0 atom stereocenters. The summed E-state index contributed by atoms with van der Waals surface area (Å²) in [7, 11) is 0. The first kappa shape index (κ1) is 15.9. The number of hydrogen-bond acceptors (Lipinski definition) is 3. The van der Waals surface area contributed by atoms with Gasteiger partial charge in [0.1, 0.15) is 0 Å². The Bertz CT molecular complexity index is 386. The molecule has 1 aliphatic heterocycles. The molecule has 0 radical (unpaired) electrons. The van der Waals surface area contributed by atoms with Crippen molar-refractivity contribution in [1.82, 2.24) is 10.2 Å². The van der Waals surface area contributed by atoms with Gasteiger partial charge in [0.25, 0.3) is 0 Å². The monoisotopic (exact) mass is 292 g/mol. The summed E-state index contributed by atoms with van der Waals surface area (Å²) in [6.07, 6.45) is 4.20. The van der Waals surface area contributed by atoms with Crippen LogP contribution in [0.4, 0.5) is 0 Å². The highest BCUT2D eigenvalue weighted by molar-refractivity contribution is 7.99. The average Bonchev–Trinajstić information content (AvgIpc) is 2.47. The second-order valence-corrected chi connectivity index (χ2v) is 7.10. The van der Waals surface area contributed by atoms with Crippen molar-refractivity contribution in [2.75, 3.05) is 25.4 Å². The number of benzene rings is 1. The van der Waals surface area contributed by atoms with E-state index < -0.39 is 0 Å². The number of nitrogens with one attached hydrogen (secondary N) is 1. The van der Waals surface area contributed by atoms with Crippen molar-refractivity contribution in [2.45, 2.75) is 50.6 Å². The van der Waals surface area contributed by atoms with E-state index in [0.29, 0.717) is 6.04 Å². The van der Waals surface area contributed by atoms with Crippen molar-refractivity contribution < 1.29 is 0 Å². The maximum Gasteiger partial charge on any atom is 0.0208 e. The van der Waals surface area contributed by atoms with E-state index in [1.807, 2.05) is 11.8 Å². The van der Waals surface area contributed by atoms with E-state index in [1.54, 1.807) is 0 Å². The van der Waals surface area contributed by atoms with Crippen molar-refractivity contribution in [2.24, 2.45) is 0 Å². The molecule has 1 aliphatic rings. The van der Waals surface area contributed by atoms with E-state index in [-0.39, 0.29) is 0 Å². The number of piperidine rings is 1. The van der Waals surface area contributed by atoms with Crippen LogP contribution >= 0.6 is 11.8 Å². The van der Waals surface area contributed by atoms with Crippen molar-refractivity contribution in [3.8, 4) is 0 Å². The quantitative estimate of drug-likeness (QED) is 0.770. The van der Waals surface area contributed by atoms with Gasteiger partial charge in [-0.05, 0) is 43.6 Å². The average molecular weight is 292 g/mol.